The summed E-state index contributed by atoms with van der Waals surface area (Å²) in [6.45, 7) is 11.1. The van der Waals surface area contributed by atoms with Crippen molar-refractivity contribution in [1.29, 1.82) is 0 Å². The maximum atomic E-state index is 13.0. The van der Waals surface area contributed by atoms with E-state index in [-0.39, 0.29) is 22.4 Å². The van der Waals surface area contributed by atoms with Crippen molar-refractivity contribution in [3.8, 4) is 5.75 Å². The third-order valence-electron chi connectivity index (χ3n) is 6.33. The fourth-order valence-electron chi connectivity index (χ4n) is 4.33. The number of hydrogen-bond acceptors (Lipinski definition) is 3. The van der Waals surface area contributed by atoms with Gasteiger partial charge in [-0.1, -0.05) is 38.8 Å². The summed E-state index contributed by atoms with van der Waals surface area (Å²) in [7, 11) is 0. The first kappa shape index (κ1) is 18.7. The van der Waals surface area contributed by atoms with E-state index in [1.54, 1.807) is 12.1 Å². The SMILES string of the molecule is CC1(C)CCC(C)(C)C2=C1CC(C)(C(=O)Oc1ccc(C(=O)[OH2+])cc1)C2. The van der Waals surface area contributed by atoms with Gasteiger partial charge in [0.15, 0.2) is 0 Å². The molecule has 4 nitrogen and oxygen atoms in total. The second kappa shape index (κ2) is 5.97. The number of esters is 1. The van der Waals surface area contributed by atoms with Gasteiger partial charge in [0.05, 0.1) is 5.41 Å². The van der Waals surface area contributed by atoms with Crippen LogP contribution in [0.3, 0.4) is 0 Å². The van der Waals surface area contributed by atoms with E-state index in [4.69, 9.17) is 9.84 Å². The number of ether oxygens (including phenoxy) is 1. The molecule has 0 atom stereocenters. The Balaban J connectivity index is 1.80. The summed E-state index contributed by atoms with van der Waals surface area (Å²) in [6, 6.07) is 6.20. The predicted molar refractivity (Wildman–Crippen MR) is 101 cm³/mol. The maximum absolute atomic E-state index is 13.0. The highest BCUT2D eigenvalue weighted by atomic mass is 16.5. The highest BCUT2D eigenvalue weighted by Gasteiger charge is 2.51. The molecule has 3 rings (SSSR count). The van der Waals surface area contributed by atoms with Crippen LogP contribution in [0.2, 0.25) is 0 Å². The van der Waals surface area contributed by atoms with E-state index >= 15 is 0 Å². The molecule has 0 saturated heterocycles. The first-order chi connectivity index (χ1) is 11.9. The molecule has 1 aromatic rings. The Kier molecular flexibility index (Phi) is 4.29. The van der Waals surface area contributed by atoms with Crippen molar-refractivity contribution in [1.82, 2.24) is 0 Å². The number of benzene rings is 1. The Labute approximate surface area is 155 Å². The number of carbonyl (C=O) groups excluding carboxylic acids is 2. The number of allylic oxidation sites excluding steroid dienone is 2. The summed E-state index contributed by atoms with van der Waals surface area (Å²) in [5.41, 5.74) is 2.88. The fraction of sp³-hybridized carbons (Fsp3) is 0.545. The summed E-state index contributed by atoms with van der Waals surface area (Å²) >= 11 is 0. The molecule has 0 aromatic heterocycles. The molecule has 0 saturated carbocycles. The third-order valence-corrected chi connectivity index (χ3v) is 6.33. The zero-order valence-electron chi connectivity index (χ0n) is 16.4. The minimum Gasteiger partial charge on any atom is -0.561 e. The van der Waals surface area contributed by atoms with E-state index in [9.17, 15) is 9.59 Å². The molecule has 2 aliphatic carbocycles. The highest BCUT2D eigenvalue weighted by molar-refractivity contribution is 5.88. The average Bonchev–Trinajstić information content (AvgIpc) is 2.94. The number of carbonyl (C=O) groups is 2. The summed E-state index contributed by atoms with van der Waals surface area (Å²) in [5.74, 6) is -0.542. The van der Waals surface area contributed by atoms with Gasteiger partial charge >= 0.3 is 11.9 Å². The first-order valence-electron chi connectivity index (χ1n) is 9.26. The monoisotopic (exact) mass is 357 g/mol. The Morgan fingerprint density at radius 3 is 1.77 bits per heavy atom. The van der Waals surface area contributed by atoms with Crippen LogP contribution in [0.1, 0.15) is 70.7 Å². The molecular weight excluding hydrogens is 328 g/mol. The van der Waals surface area contributed by atoms with Gasteiger partial charge in [-0.15, -0.1) is 0 Å². The van der Waals surface area contributed by atoms with Gasteiger partial charge in [-0.2, -0.15) is 0 Å². The second-order valence-corrected chi connectivity index (χ2v) is 9.38. The molecule has 0 amide bonds. The molecule has 0 bridgehead atoms. The fourth-order valence-corrected chi connectivity index (χ4v) is 4.33. The lowest BCUT2D eigenvalue weighted by atomic mass is 9.64. The van der Waals surface area contributed by atoms with Gasteiger partial charge in [0.2, 0.25) is 0 Å². The quantitative estimate of drug-likeness (QED) is 0.348. The molecule has 0 heterocycles. The van der Waals surface area contributed by atoms with Crippen molar-refractivity contribution >= 4 is 11.9 Å². The normalized spacial score (nSPS) is 22.7. The van der Waals surface area contributed by atoms with E-state index in [1.807, 2.05) is 6.92 Å². The third kappa shape index (κ3) is 3.17. The van der Waals surface area contributed by atoms with Gasteiger partial charge in [0, 0.05) is 4.79 Å². The van der Waals surface area contributed by atoms with Gasteiger partial charge in [-0.3, -0.25) is 4.79 Å². The van der Waals surface area contributed by atoms with Crippen LogP contribution in [0.5, 0.6) is 5.75 Å². The lowest BCUT2D eigenvalue weighted by Crippen LogP contribution is -2.31. The molecule has 4 heteroatoms. The van der Waals surface area contributed by atoms with Crippen molar-refractivity contribution in [2.45, 2.75) is 60.3 Å². The second-order valence-electron chi connectivity index (χ2n) is 9.38. The van der Waals surface area contributed by atoms with E-state index in [0.29, 0.717) is 5.75 Å². The Morgan fingerprint density at radius 2 is 1.35 bits per heavy atom. The minimum atomic E-state index is -0.744. The summed E-state index contributed by atoms with van der Waals surface area (Å²) in [4.78, 5) is 24.0. The molecule has 0 aliphatic heterocycles. The summed E-state index contributed by atoms with van der Waals surface area (Å²) in [6.07, 6.45) is 3.79. The van der Waals surface area contributed by atoms with Gasteiger partial charge in [-0.05, 0) is 67.7 Å². The average molecular weight is 357 g/mol. The molecule has 2 aliphatic rings. The van der Waals surface area contributed by atoms with Crippen LogP contribution in [0.15, 0.2) is 35.4 Å². The zero-order valence-corrected chi connectivity index (χ0v) is 16.4. The van der Waals surface area contributed by atoms with Crippen LogP contribution < -0.4 is 4.74 Å². The highest BCUT2D eigenvalue weighted by Crippen LogP contribution is 2.59. The van der Waals surface area contributed by atoms with Gasteiger partial charge in [-0.25, -0.2) is 0 Å². The summed E-state index contributed by atoms with van der Waals surface area (Å²) in [5, 5.41) is 7.11. The Bertz CT molecular complexity index is 753. The van der Waals surface area contributed by atoms with Gasteiger partial charge < -0.3 is 9.84 Å². The molecule has 0 radical (unpaired) electrons. The topological polar surface area (TPSA) is 66.3 Å². The molecule has 1 aromatic carbocycles. The van der Waals surface area contributed by atoms with Crippen molar-refractivity contribution in [3.63, 3.8) is 0 Å². The van der Waals surface area contributed by atoms with Crippen LogP contribution in [0.4, 0.5) is 0 Å². The smallest absolute Gasteiger partial charge is 0.549 e. The lowest BCUT2D eigenvalue weighted by molar-refractivity contribution is -0.144. The van der Waals surface area contributed by atoms with Crippen LogP contribution in [-0.2, 0) is 4.79 Å². The molecule has 0 unspecified atom stereocenters. The van der Waals surface area contributed by atoms with Crippen molar-refractivity contribution in [2.24, 2.45) is 16.2 Å². The molecular formula is C22H29O4+. The zero-order chi connectivity index (χ0) is 19.3. The van der Waals surface area contributed by atoms with E-state index in [2.05, 4.69) is 27.7 Å². The molecule has 0 fully saturated rings. The van der Waals surface area contributed by atoms with Crippen LogP contribution in [0.25, 0.3) is 0 Å². The van der Waals surface area contributed by atoms with E-state index in [0.717, 1.165) is 25.7 Å². The van der Waals surface area contributed by atoms with Crippen molar-refractivity contribution < 1.29 is 19.4 Å². The van der Waals surface area contributed by atoms with Crippen LogP contribution >= 0.6 is 0 Å². The number of rotatable bonds is 3. The van der Waals surface area contributed by atoms with E-state index < -0.39 is 11.4 Å². The molecule has 26 heavy (non-hydrogen) atoms. The molecule has 2 N–H and O–H groups in total. The first-order valence-corrected chi connectivity index (χ1v) is 9.26. The minimum absolute atomic E-state index is 0.138. The Morgan fingerprint density at radius 1 is 0.885 bits per heavy atom. The molecule has 140 valence electrons. The van der Waals surface area contributed by atoms with Gasteiger partial charge in [0.25, 0.3) is 0 Å². The van der Waals surface area contributed by atoms with Crippen LogP contribution in [-0.4, -0.2) is 17.0 Å². The van der Waals surface area contributed by atoms with Crippen LogP contribution in [0, 0.1) is 16.2 Å². The summed E-state index contributed by atoms with van der Waals surface area (Å²) < 4.78 is 5.64. The van der Waals surface area contributed by atoms with Crippen molar-refractivity contribution in [3.05, 3.63) is 41.0 Å². The van der Waals surface area contributed by atoms with Crippen molar-refractivity contribution in [2.75, 3.05) is 0 Å². The lowest BCUT2D eigenvalue weighted by Gasteiger charge is -2.41. The maximum Gasteiger partial charge on any atom is 0.549 e. The van der Waals surface area contributed by atoms with E-state index in [1.165, 1.54) is 23.3 Å². The standard InChI is InChI=1S/C22H28O4/c1-20(2)10-11-21(3,4)17-13-22(5,12-16(17)20)19(25)26-15-8-6-14(7-9-15)18(23)24/h6-9H,10-13H2,1-5H3,(H,23,24)/p+1. The molecule has 0 spiro atoms. The predicted octanol–water partition coefficient (Wildman–Crippen LogP) is 4.40. The number of hydrogen-bond donors (Lipinski definition) is 0. The largest absolute Gasteiger partial charge is 0.561 e. The van der Waals surface area contributed by atoms with Gasteiger partial charge in [0.1, 0.15) is 11.3 Å². The Hall–Kier alpha value is -2.10.